The summed E-state index contributed by atoms with van der Waals surface area (Å²) in [5.41, 5.74) is 3.73. The molecule has 140 valence electrons. The number of ether oxygens (including phenoxy) is 2. The van der Waals surface area contributed by atoms with E-state index in [1.807, 2.05) is 0 Å². The second-order valence-electron chi connectivity index (χ2n) is 7.68. The van der Waals surface area contributed by atoms with E-state index in [9.17, 15) is 4.79 Å². The van der Waals surface area contributed by atoms with Crippen LogP contribution in [0.1, 0.15) is 55.6 Å². The lowest BCUT2D eigenvalue weighted by atomic mass is 9.81. The quantitative estimate of drug-likeness (QED) is 0.876. The summed E-state index contributed by atoms with van der Waals surface area (Å²) in [7, 11) is 1.71. The Morgan fingerprint density at radius 2 is 2.15 bits per heavy atom. The Morgan fingerprint density at radius 3 is 2.92 bits per heavy atom. The van der Waals surface area contributed by atoms with Crippen LogP contribution in [0.4, 0.5) is 0 Å². The minimum absolute atomic E-state index is 0.0737. The average Bonchev–Trinajstić information content (AvgIpc) is 3.32. The number of hydrogen-bond donors (Lipinski definition) is 2. The molecule has 1 saturated carbocycles. The number of amides is 1. The molecule has 2 aromatic rings. The third-order valence-electron chi connectivity index (χ3n) is 5.91. The number of carbonyl (C=O) groups is 1. The molecule has 1 saturated heterocycles. The Hall–Kier alpha value is -2.01. The van der Waals surface area contributed by atoms with Gasteiger partial charge in [0.2, 0.25) is 5.91 Å². The molecule has 5 nitrogen and oxygen atoms in total. The van der Waals surface area contributed by atoms with E-state index < -0.39 is 0 Å². The second kappa shape index (κ2) is 7.31. The van der Waals surface area contributed by atoms with Gasteiger partial charge in [-0.3, -0.25) is 4.79 Å². The van der Waals surface area contributed by atoms with Crippen LogP contribution >= 0.6 is 0 Å². The zero-order valence-corrected chi connectivity index (χ0v) is 15.6. The van der Waals surface area contributed by atoms with Gasteiger partial charge in [-0.15, -0.1) is 0 Å². The normalized spacial score (nSPS) is 26.2. The highest BCUT2D eigenvalue weighted by molar-refractivity contribution is 5.88. The first-order valence-corrected chi connectivity index (χ1v) is 9.73. The molecule has 1 aliphatic heterocycles. The summed E-state index contributed by atoms with van der Waals surface area (Å²) in [6.07, 6.45) is 8.08. The molecular weight excluding hydrogens is 328 g/mol. The molecule has 2 heterocycles. The Kier molecular flexibility index (Phi) is 4.90. The lowest BCUT2D eigenvalue weighted by molar-refractivity contribution is -0.131. The average molecular weight is 356 g/mol. The maximum Gasteiger partial charge on any atom is 0.249 e. The maximum absolute atomic E-state index is 12.4. The van der Waals surface area contributed by atoms with E-state index in [1.165, 1.54) is 22.0 Å². The number of H-pyrrole nitrogens is 1. The van der Waals surface area contributed by atoms with Crippen LogP contribution in [-0.2, 0) is 9.53 Å². The second-order valence-corrected chi connectivity index (χ2v) is 7.68. The molecule has 5 heteroatoms. The summed E-state index contributed by atoms with van der Waals surface area (Å²) in [5.74, 6) is 1.43. The SMILES string of the molecule is COc1cc(C)c2[nH]cc([C@@H]3CCC[C@H](NC(=O)[C@@H]4CCCO4)C3)c2c1. The number of aryl methyl sites for hydroxylation is 1. The zero-order chi connectivity index (χ0) is 18.1. The van der Waals surface area contributed by atoms with Gasteiger partial charge in [-0.1, -0.05) is 6.42 Å². The summed E-state index contributed by atoms with van der Waals surface area (Å²) >= 11 is 0. The first-order valence-electron chi connectivity index (χ1n) is 9.73. The number of benzene rings is 1. The van der Waals surface area contributed by atoms with E-state index in [-0.39, 0.29) is 18.1 Å². The fourth-order valence-electron chi connectivity index (χ4n) is 4.54. The van der Waals surface area contributed by atoms with Crippen LogP contribution in [0.5, 0.6) is 5.75 Å². The van der Waals surface area contributed by atoms with Crippen molar-refractivity contribution in [3.63, 3.8) is 0 Å². The number of rotatable bonds is 4. The number of aromatic amines is 1. The van der Waals surface area contributed by atoms with Crippen molar-refractivity contribution in [3.05, 3.63) is 29.5 Å². The highest BCUT2D eigenvalue weighted by Gasteiger charge is 2.30. The summed E-state index contributed by atoms with van der Waals surface area (Å²) < 4.78 is 11.0. The predicted octanol–water partition coefficient (Wildman–Crippen LogP) is 3.81. The molecule has 0 bridgehead atoms. The number of aromatic nitrogens is 1. The van der Waals surface area contributed by atoms with Crippen LogP contribution in [-0.4, -0.2) is 36.8 Å². The summed E-state index contributed by atoms with van der Waals surface area (Å²) in [6, 6.07) is 4.43. The first-order chi connectivity index (χ1) is 12.7. The Labute approximate surface area is 154 Å². The van der Waals surface area contributed by atoms with Gasteiger partial charge in [-0.2, -0.15) is 0 Å². The molecule has 1 aliphatic carbocycles. The highest BCUT2D eigenvalue weighted by atomic mass is 16.5. The Balaban J connectivity index is 1.51. The third-order valence-corrected chi connectivity index (χ3v) is 5.91. The van der Waals surface area contributed by atoms with Gasteiger partial charge < -0.3 is 19.8 Å². The predicted molar refractivity (Wildman–Crippen MR) is 102 cm³/mol. The van der Waals surface area contributed by atoms with Gasteiger partial charge in [-0.05, 0) is 68.2 Å². The van der Waals surface area contributed by atoms with E-state index in [1.54, 1.807) is 7.11 Å². The highest BCUT2D eigenvalue weighted by Crippen LogP contribution is 2.38. The van der Waals surface area contributed by atoms with Gasteiger partial charge in [0.1, 0.15) is 11.9 Å². The molecule has 0 unspecified atom stereocenters. The van der Waals surface area contributed by atoms with Gasteiger partial charge >= 0.3 is 0 Å². The van der Waals surface area contributed by atoms with Crippen molar-refractivity contribution in [2.75, 3.05) is 13.7 Å². The number of carbonyl (C=O) groups excluding carboxylic acids is 1. The molecular formula is C21H28N2O3. The van der Waals surface area contributed by atoms with Crippen LogP contribution < -0.4 is 10.1 Å². The van der Waals surface area contributed by atoms with Crippen molar-refractivity contribution < 1.29 is 14.3 Å². The van der Waals surface area contributed by atoms with Gasteiger partial charge in [0.15, 0.2) is 0 Å². The van der Waals surface area contributed by atoms with Crippen molar-refractivity contribution in [1.29, 1.82) is 0 Å². The molecule has 1 amide bonds. The largest absolute Gasteiger partial charge is 0.497 e. The summed E-state index contributed by atoms with van der Waals surface area (Å²) in [5, 5.41) is 4.48. The van der Waals surface area contributed by atoms with E-state index in [0.717, 1.165) is 44.3 Å². The van der Waals surface area contributed by atoms with Crippen LogP contribution in [0.2, 0.25) is 0 Å². The fourth-order valence-corrected chi connectivity index (χ4v) is 4.54. The minimum Gasteiger partial charge on any atom is -0.497 e. The number of nitrogens with one attached hydrogen (secondary N) is 2. The van der Waals surface area contributed by atoms with Crippen LogP contribution in [0.25, 0.3) is 10.9 Å². The zero-order valence-electron chi connectivity index (χ0n) is 15.6. The molecule has 1 aromatic heterocycles. The van der Waals surface area contributed by atoms with Crippen molar-refractivity contribution in [2.24, 2.45) is 0 Å². The topological polar surface area (TPSA) is 63.3 Å². The minimum atomic E-state index is -0.240. The molecule has 26 heavy (non-hydrogen) atoms. The summed E-state index contributed by atoms with van der Waals surface area (Å²) in [6.45, 7) is 2.82. The monoisotopic (exact) mass is 356 g/mol. The van der Waals surface area contributed by atoms with E-state index in [2.05, 4.69) is 35.6 Å². The van der Waals surface area contributed by atoms with E-state index >= 15 is 0 Å². The number of hydrogen-bond acceptors (Lipinski definition) is 3. The molecule has 4 rings (SSSR count). The van der Waals surface area contributed by atoms with Crippen molar-refractivity contribution in [3.8, 4) is 5.75 Å². The van der Waals surface area contributed by atoms with Gasteiger partial charge in [-0.25, -0.2) is 0 Å². The number of fused-ring (bicyclic) bond motifs is 1. The molecule has 2 aliphatic rings. The Bertz CT molecular complexity index is 792. The van der Waals surface area contributed by atoms with E-state index in [0.29, 0.717) is 12.5 Å². The van der Waals surface area contributed by atoms with Gasteiger partial charge in [0.25, 0.3) is 0 Å². The van der Waals surface area contributed by atoms with Gasteiger partial charge in [0, 0.05) is 29.7 Å². The van der Waals surface area contributed by atoms with Crippen molar-refractivity contribution in [2.45, 2.75) is 63.5 Å². The first kappa shape index (κ1) is 17.4. The third kappa shape index (κ3) is 3.32. The molecule has 0 spiro atoms. The molecule has 0 radical (unpaired) electrons. The lowest BCUT2D eigenvalue weighted by Crippen LogP contribution is -2.43. The Morgan fingerprint density at radius 1 is 1.27 bits per heavy atom. The van der Waals surface area contributed by atoms with Crippen molar-refractivity contribution in [1.82, 2.24) is 10.3 Å². The maximum atomic E-state index is 12.4. The molecule has 3 atom stereocenters. The number of methoxy groups -OCH3 is 1. The fraction of sp³-hybridized carbons (Fsp3) is 0.571. The van der Waals surface area contributed by atoms with E-state index in [4.69, 9.17) is 9.47 Å². The smallest absolute Gasteiger partial charge is 0.249 e. The standard InChI is InChI=1S/C21H28N2O3/c1-13-9-16(25-2)11-17-18(12-22-20(13)17)14-5-3-6-15(10-14)23-21(24)19-7-4-8-26-19/h9,11-12,14-15,19,22H,3-8,10H2,1-2H3,(H,23,24)/t14-,15+,19+/m1/s1. The molecule has 1 aromatic carbocycles. The lowest BCUT2D eigenvalue weighted by Gasteiger charge is -2.30. The van der Waals surface area contributed by atoms with Crippen LogP contribution in [0.15, 0.2) is 18.3 Å². The molecule has 2 N–H and O–H groups in total. The molecule has 2 fully saturated rings. The summed E-state index contributed by atoms with van der Waals surface area (Å²) in [4.78, 5) is 15.8. The van der Waals surface area contributed by atoms with Crippen molar-refractivity contribution >= 4 is 16.8 Å². The van der Waals surface area contributed by atoms with Crippen LogP contribution in [0, 0.1) is 6.92 Å². The van der Waals surface area contributed by atoms with Crippen LogP contribution in [0.3, 0.4) is 0 Å². The van der Waals surface area contributed by atoms with Gasteiger partial charge in [0.05, 0.1) is 7.11 Å².